The first-order valence-corrected chi connectivity index (χ1v) is 19.1. The predicted octanol–water partition coefficient (Wildman–Crippen LogP) is 15.2. The molecule has 38 heteroatoms. The number of rotatable bonds is 23. The lowest BCUT2D eigenvalue weighted by molar-refractivity contribution is -0.461. The van der Waals surface area contributed by atoms with E-state index in [0.29, 0.717) is 6.92 Å². The predicted molar refractivity (Wildman–Crippen MR) is 165 cm³/mol. The van der Waals surface area contributed by atoms with Crippen LogP contribution in [0.5, 0.6) is 5.75 Å². The Kier molecular flexibility index (Phi) is 17.5. The van der Waals surface area contributed by atoms with Crippen LogP contribution in [0.3, 0.4) is 0 Å². The van der Waals surface area contributed by atoms with Crippen LogP contribution in [0.4, 0.5) is 149 Å². The van der Waals surface area contributed by atoms with Gasteiger partial charge in [0.05, 0.1) is 0 Å². The smallest absolute Gasteiger partial charge is 0.426 e. The van der Waals surface area contributed by atoms with Gasteiger partial charge in [-0.3, -0.25) is 4.79 Å². The van der Waals surface area contributed by atoms with E-state index < -0.39 is 154 Å². The minimum atomic E-state index is -8.90. The molecule has 0 amide bonds. The fourth-order valence-electron chi connectivity index (χ4n) is 4.89. The molecule has 0 N–H and O–H groups in total. The molecule has 0 saturated heterocycles. The van der Waals surface area contributed by atoms with Gasteiger partial charge in [-0.25, -0.2) is 0 Å². The fraction of sp³-hybridized carbons (Fsp3) is 0.774. The lowest BCUT2D eigenvalue weighted by Gasteiger charge is -2.42. The molecule has 0 heterocycles. The van der Waals surface area contributed by atoms with Crippen LogP contribution in [-0.4, -0.2) is 113 Å². The molecule has 1 aromatic carbocycles. The Morgan fingerprint density at radius 1 is 0.391 bits per heavy atom. The van der Waals surface area contributed by atoms with Crippen LogP contribution >= 0.6 is 23.5 Å². The van der Waals surface area contributed by atoms with E-state index in [2.05, 4.69) is 0 Å². The van der Waals surface area contributed by atoms with Crippen molar-refractivity contribution >= 4 is 29.5 Å². The monoisotopic (exact) mass is 1130 g/mol. The van der Waals surface area contributed by atoms with Gasteiger partial charge in [-0.1, -0.05) is 17.7 Å². The van der Waals surface area contributed by atoms with Gasteiger partial charge in [0.1, 0.15) is 5.75 Å². The van der Waals surface area contributed by atoms with E-state index in [4.69, 9.17) is 4.74 Å². The molecule has 0 fully saturated rings. The summed E-state index contributed by atoms with van der Waals surface area (Å²) in [5, 5.41) is 0. The molecule has 0 saturated carbocycles. The molecule has 0 radical (unpaired) electrons. The number of halogens is 34. The van der Waals surface area contributed by atoms with Gasteiger partial charge in [-0.05, 0) is 18.4 Å². The molecule has 0 unspecified atom stereocenters. The number of aryl methyl sites for hydroxylation is 1. The summed E-state index contributed by atoms with van der Waals surface area (Å²) in [6, 6.07) is 1.61. The quantitative estimate of drug-likeness (QED) is 0.0472. The van der Waals surface area contributed by atoms with Gasteiger partial charge < -0.3 is 4.74 Å². The second-order valence-corrected chi connectivity index (χ2v) is 16.1. The molecule has 406 valence electrons. The number of alkyl halides is 34. The Hall–Kier alpha value is -2.99. The summed E-state index contributed by atoms with van der Waals surface area (Å²) in [5.74, 6) is -125. The second kappa shape index (κ2) is 18.8. The van der Waals surface area contributed by atoms with Gasteiger partial charge >= 0.3 is 101 Å². The zero-order chi connectivity index (χ0) is 55.7. The summed E-state index contributed by atoms with van der Waals surface area (Å²) in [6.45, 7) is 1.53. The SMILES string of the molecule is CC(=O)Oc1c(CSCCC(F)(F)C(F)(F)C(F)(F)C(F)(F)C(F)(F)C(F)(F)C(F)(F)C(F)(F)F)cc(C)cc1CSCCC(F)(F)C(F)(F)C(F)(F)C(F)(F)C(F)(F)C(F)(F)C(F)(F)C(F)(F)F. The number of hydrogen-bond donors (Lipinski definition) is 0. The Morgan fingerprint density at radius 3 is 0.826 bits per heavy atom. The summed E-state index contributed by atoms with van der Waals surface area (Å²) in [7, 11) is 0. The third kappa shape index (κ3) is 10.2. The van der Waals surface area contributed by atoms with E-state index >= 15 is 0 Å². The highest BCUT2D eigenvalue weighted by Crippen LogP contribution is 2.66. The van der Waals surface area contributed by atoms with Gasteiger partial charge in [0.2, 0.25) is 0 Å². The van der Waals surface area contributed by atoms with E-state index in [-0.39, 0.29) is 29.1 Å². The van der Waals surface area contributed by atoms with Gasteiger partial charge in [0.15, 0.2) is 0 Å². The molecule has 0 aliphatic carbocycles. The van der Waals surface area contributed by atoms with E-state index in [0.717, 1.165) is 19.1 Å². The number of carbonyl (C=O) groups is 1. The van der Waals surface area contributed by atoms with Gasteiger partial charge in [0.25, 0.3) is 0 Å². The van der Waals surface area contributed by atoms with Crippen molar-refractivity contribution in [3.63, 3.8) is 0 Å². The molecule has 0 spiro atoms. The molecule has 1 rings (SSSR count). The van der Waals surface area contributed by atoms with Crippen molar-refractivity contribution < 1.29 is 159 Å². The second-order valence-electron chi connectivity index (χ2n) is 13.9. The summed E-state index contributed by atoms with van der Waals surface area (Å²) in [4.78, 5) is 11.7. The Morgan fingerprint density at radius 2 is 0.609 bits per heavy atom. The molecule has 0 aromatic heterocycles. The van der Waals surface area contributed by atoms with E-state index in [1.807, 2.05) is 0 Å². The summed E-state index contributed by atoms with van der Waals surface area (Å²) in [5.41, 5.74) is -1.41. The molecule has 2 nitrogen and oxygen atoms in total. The highest BCUT2D eigenvalue weighted by atomic mass is 32.2. The average Bonchev–Trinajstić information content (AvgIpc) is 3.14. The van der Waals surface area contributed by atoms with Crippen molar-refractivity contribution in [3.8, 4) is 5.75 Å². The summed E-state index contributed by atoms with van der Waals surface area (Å²) >= 11 is -0.525. The van der Waals surface area contributed by atoms with Crippen molar-refractivity contribution in [2.45, 2.75) is 133 Å². The number of benzene rings is 1. The van der Waals surface area contributed by atoms with Crippen LogP contribution in [0.15, 0.2) is 12.1 Å². The Labute approximate surface area is 368 Å². The minimum absolute atomic E-state index is 0.183. The molecular weight excluding hydrogens is 1110 g/mol. The van der Waals surface area contributed by atoms with Crippen molar-refractivity contribution in [1.82, 2.24) is 0 Å². The average molecular weight is 1130 g/mol. The topological polar surface area (TPSA) is 26.3 Å². The van der Waals surface area contributed by atoms with Crippen molar-refractivity contribution in [2.75, 3.05) is 11.5 Å². The Bertz CT molecular complexity index is 1840. The first-order chi connectivity index (χ1) is 29.9. The maximum Gasteiger partial charge on any atom is 0.460 e. The highest BCUT2D eigenvalue weighted by molar-refractivity contribution is 7.98. The normalized spacial score (nSPS) is 15.8. The summed E-state index contributed by atoms with van der Waals surface area (Å²) < 4.78 is 465. The van der Waals surface area contributed by atoms with Crippen molar-refractivity contribution in [2.24, 2.45) is 0 Å². The number of hydrogen-bond acceptors (Lipinski definition) is 4. The summed E-state index contributed by atoms with van der Waals surface area (Å²) in [6.07, 6.45) is -21.9. The van der Waals surface area contributed by atoms with Crippen LogP contribution in [-0.2, 0) is 16.3 Å². The van der Waals surface area contributed by atoms with E-state index in [1.165, 1.54) is 0 Å². The first kappa shape index (κ1) is 64.0. The Balaban J connectivity index is 3.40. The standard InChI is InChI=1S/C31H20F34O2S2/c1-11-7-13(9-68-5-3-16(32,33)18(36,37)20(40,41)22(44,45)24(48,49)26(52,53)28(56,57)30(60,61)62)15(67-12(2)66)14(8-11)10-69-6-4-17(34,35)19(38,39)21(42,43)23(46,47)25(50,51)27(54,55)29(58,59)31(63,64)65/h7-8H,3-6,9-10H2,1-2H3. The molecular formula is C31H20F34O2S2. The molecule has 0 atom stereocenters. The van der Waals surface area contributed by atoms with Crippen molar-refractivity contribution in [3.05, 3.63) is 28.8 Å². The van der Waals surface area contributed by atoms with Crippen molar-refractivity contribution in [1.29, 1.82) is 0 Å². The zero-order valence-electron chi connectivity index (χ0n) is 32.4. The number of thioether (sulfide) groups is 2. The lowest BCUT2D eigenvalue weighted by Crippen LogP contribution is -2.74. The van der Waals surface area contributed by atoms with Gasteiger partial charge in [-0.2, -0.15) is 173 Å². The number of carbonyl (C=O) groups excluding carboxylic acids is 1. The fourth-order valence-corrected chi connectivity index (χ4v) is 6.85. The first-order valence-electron chi connectivity index (χ1n) is 16.8. The molecule has 0 aliphatic rings. The molecule has 69 heavy (non-hydrogen) atoms. The molecule has 0 aliphatic heterocycles. The zero-order valence-corrected chi connectivity index (χ0v) is 34.0. The third-order valence-electron chi connectivity index (χ3n) is 8.84. The number of esters is 1. The van der Waals surface area contributed by atoms with Crippen LogP contribution in [0.25, 0.3) is 0 Å². The largest absolute Gasteiger partial charge is 0.460 e. The third-order valence-corrected chi connectivity index (χ3v) is 10.9. The van der Waals surface area contributed by atoms with Crippen LogP contribution in [0.1, 0.15) is 36.5 Å². The van der Waals surface area contributed by atoms with Gasteiger partial charge in [-0.15, -0.1) is 0 Å². The number of ether oxygens (including phenoxy) is 1. The van der Waals surface area contributed by atoms with Gasteiger partial charge in [0, 0.05) is 42.4 Å². The maximum atomic E-state index is 14.4. The minimum Gasteiger partial charge on any atom is -0.426 e. The lowest BCUT2D eigenvalue weighted by atomic mass is 9.88. The maximum absolute atomic E-state index is 14.4. The van der Waals surface area contributed by atoms with E-state index in [9.17, 15) is 154 Å². The molecule has 1 aromatic rings. The highest BCUT2D eigenvalue weighted by Gasteiger charge is 2.97. The van der Waals surface area contributed by atoms with Crippen LogP contribution in [0, 0.1) is 6.92 Å². The van der Waals surface area contributed by atoms with Crippen LogP contribution < -0.4 is 4.74 Å². The molecule has 0 bridgehead atoms. The van der Waals surface area contributed by atoms with Crippen LogP contribution in [0.2, 0.25) is 0 Å². The van der Waals surface area contributed by atoms with E-state index in [1.54, 1.807) is 0 Å².